The molecule has 1 saturated heterocycles. The lowest BCUT2D eigenvalue weighted by Gasteiger charge is -2.36. The first-order chi connectivity index (χ1) is 6.59. The molecule has 80 valence electrons. The molecule has 14 heavy (non-hydrogen) atoms. The summed E-state index contributed by atoms with van der Waals surface area (Å²) in [4.78, 5) is 0. The molecule has 1 fully saturated rings. The van der Waals surface area contributed by atoms with Crippen molar-refractivity contribution in [1.29, 1.82) is 0 Å². The van der Waals surface area contributed by atoms with Crippen molar-refractivity contribution in [3.05, 3.63) is 0 Å². The highest BCUT2D eigenvalue weighted by Crippen LogP contribution is 2.13. The van der Waals surface area contributed by atoms with Gasteiger partial charge in [0.25, 0.3) is 0 Å². The lowest BCUT2D eigenvalue weighted by Crippen LogP contribution is -2.56. The van der Waals surface area contributed by atoms with Crippen molar-refractivity contribution >= 4 is 58.3 Å². The predicted octanol–water partition coefficient (Wildman–Crippen LogP) is 1.32. The Labute approximate surface area is 106 Å². The zero-order valence-electron chi connectivity index (χ0n) is 7.56. The summed E-state index contributed by atoms with van der Waals surface area (Å²) in [5, 5.41) is 5.12. The van der Waals surface area contributed by atoms with Gasteiger partial charge in [-0.05, 0) is 19.3 Å². The van der Waals surface area contributed by atoms with Crippen LogP contribution in [-0.4, -0.2) is 26.4 Å². The highest BCUT2D eigenvalue weighted by molar-refractivity contribution is 8.11. The van der Waals surface area contributed by atoms with Crippen LogP contribution in [0.2, 0.25) is 0 Å². The molecule has 0 amide bonds. The van der Waals surface area contributed by atoms with Gasteiger partial charge in [-0.25, -0.2) is 5.01 Å². The number of nitrogens with one attached hydrogen (secondary N) is 2. The van der Waals surface area contributed by atoms with E-state index in [1.807, 2.05) is 5.01 Å². The molecular weight excluding hydrogens is 254 g/mol. The zero-order valence-corrected chi connectivity index (χ0v) is 11.0. The fraction of sp³-hybridized carbons (Fsp3) is 0.714. The molecule has 1 atom stereocenters. The van der Waals surface area contributed by atoms with E-state index < -0.39 is 0 Å². The van der Waals surface area contributed by atoms with Gasteiger partial charge in [-0.15, -0.1) is 25.3 Å². The molecule has 7 heteroatoms. The first kappa shape index (κ1) is 12.5. The first-order valence-electron chi connectivity index (χ1n) is 4.35. The number of thiocarbonyl (C=S) groups is 2. The summed E-state index contributed by atoms with van der Waals surface area (Å²) in [6, 6.07) is 0. The predicted molar refractivity (Wildman–Crippen MR) is 73.8 cm³/mol. The van der Waals surface area contributed by atoms with Gasteiger partial charge in [0, 0.05) is 6.54 Å². The van der Waals surface area contributed by atoms with Gasteiger partial charge in [-0.3, -0.25) is 0 Å². The SMILES string of the molecule is S=C(S)NC1CCCCN1NC(=S)S. The molecule has 0 aromatic rings. The molecule has 0 aliphatic carbocycles. The second-order valence-corrected chi connectivity index (χ2v) is 5.39. The third-order valence-electron chi connectivity index (χ3n) is 2.03. The maximum Gasteiger partial charge on any atom is 0.145 e. The van der Waals surface area contributed by atoms with Crippen molar-refractivity contribution in [2.45, 2.75) is 25.4 Å². The summed E-state index contributed by atoms with van der Waals surface area (Å²) < 4.78 is 0.984. The van der Waals surface area contributed by atoms with Crippen molar-refractivity contribution in [2.75, 3.05) is 6.54 Å². The molecule has 3 nitrogen and oxygen atoms in total. The molecule has 0 radical (unpaired) electrons. The average Bonchev–Trinajstić information content (AvgIpc) is 2.06. The lowest BCUT2D eigenvalue weighted by molar-refractivity contribution is 0.110. The smallest absolute Gasteiger partial charge is 0.145 e. The number of hydrazine groups is 1. The third kappa shape index (κ3) is 4.31. The molecule has 1 unspecified atom stereocenters. The van der Waals surface area contributed by atoms with Crippen LogP contribution >= 0.6 is 49.7 Å². The molecule has 1 aliphatic rings. The molecule has 0 aromatic heterocycles. The molecule has 0 spiro atoms. The third-order valence-corrected chi connectivity index (χ3v) is 2.47. The largest absolute Gasteiger partial charge is 0.354 e. The molecule has 1 rings (SSSR count). The minimum absolute atomic E-state index is 0.166. The number of piperidine rings is 1. The van der Waals surface area contributed by atoms with Crippen LogP contribution < -0.4 is 10.7 Å². The van der Waals surface area contributed by atoms with E-state index in [1.165, 1.54) is 6.42 Å². The summed E-state index contributed by atoms with van der Waals surface area (Å²) in [5.41, 5.74) is 3.01. The summed E-state index contributed by atoms with van der Waals surface area (Å²) in [5.74, 6) is 0. The molecule has 0 saturated carbocycles. The monoisotopic (exact) mass is 267 g/mol. The van der Waals surface area contributed by atoms with Gasteiger partial charge in [-0.2, -0.15) is 0 Å². The second-order valence-electron chi connectivity index (χ2n) is 3.07. The molecular formula is C7H13N3S4. The fourth-order valence-corrected chi connectivity index (χ4v) is 2.01. The van der Waals surface area contributed by atoms with Crippen LogP contribution in [0, 0.1) is 0 Å². The van der Waals surface area contributed by atoms with Gasteiger partial charge in [-0.1, -0.05) is 24.4 Å². The average molecular weight is 267 g/mol. The summed E-state index contributed by atoms with van der Waals surface area (Å²) in [7, 11) is 0. The van der Waals surface area contributed by atoms with Crippen LogP contribution in [0.1, 0.15) is 19.3 Å². The molecule has 0 aromatic carbocycles. The highest BCUT2D eigenvalue weighted by atomic mass is 32.1. The van der Waals surface area contributed by atoms with E-state index in [4.69, 9.17) is 24.4 Å². The Kier molecular flexibility index (Phi) is 5.47. The van der Waals surface area contributed by atoms with E-state index in [-0.39, 0.29) is 6.17 Å². The van der Waals surface area contributed by atoms with E-state index in [2.05, 4.69) is 36.0 Å². The van der Waals surface area contributed by atoms with Crippen LogP contribution in [0.25, 0.3) is 0 Å². The van der Waals surface area contributed by atoms with Gasteiger partial charge in [0.1, 0.15) is 8.64 Å². The topological polar surface area (TPSA) is 27.3 Å². The van der Waals surface area contributed by atoms with Crippen molar-refractivity contribution in [2.24, 2.45) is 0 Å². The van der Waals surface area contributed by atoms with Gasteiger partial charge in [0.05, 0.1) is 6.17 Å². The maximum absolute atomic E-state index is 4.89. The van der Waals surface area contributed by atoms with E-state index >= 15 is 0 Å². The Morgan fingerprint density at radius 3 is 2.50 bits per heavy atom. The van der Waals surface area contributed by atoms with E-state index in [1.54, 1.807) is 0 Å². The summed E-state index contributed by atoms with van der Waals surface area (Å²) in [6.07, 6.45) is 3.54. The van der Waals surface area contributed by atoms with Crippen molar-refractivity contribution in [3.63, 3.8) is 0 Å². The minimum Gasteiger partial charge on any atom is -0.354 e. The number of hydrogen-bond donors (Lipinski definition) is 4. The Morgan fingerprint density at radius 1 is 1.21 bits per heavy atom. The van der Waals surface area contributed by atoms with Crippen LogP contribution in [0.15, 0.2) is 0 Å². The Morgan fingerprint density at radius 2 is 1.93 bits per heavy atom. The van der Waals surface area contributed by atoms with Crippen LogP contribution in [-0.2, 0) is 0 Å². The van der Waals surface area contributed by atoms with Crippen LogP contribution in [0.4, 0.5) is 0 Å². The Balaban J connectivity index is 2.49. The second kappa shape index (κ2) is 6.12. The maximum atomic E-state index is 4.89. The first-order valence-corrected chi connectivity index (χ1v) is 6.06. The number of nitrogens with zero attached hydrogens (tertiary/aromatic N) is 1. The molecule has 1 heterocycles. The number of rotatable bonds is 2. The molecule has 1 aliphatic heterocycles. The molecule has 2 N–H and O–H groups in total. The Hall–Kier alpha value is 0.440. The van der Waals surface area contributed by atoms with Gasteiger partial charge >= 0.3 is 0 Å². The van der Waals surface area contributed by atoms with Crippen molar-refractivity contribution < 1.29 is 0 Å². The van der Waals surface area contributed by atoms with Gasteiger partial charge < -0.3 is 10.7 Å². The fourth-order valence-electron chi connectivity index (χ4n) is 1.48. The van der Waals surface area contributed by atoms with Gasteiger partial charge in [0.15, 0.2) is 0 Å². The minimum atomic E-state index is 0.166. The van der Waals surface area contributed by atoms with E-state index in [0.717, 1.165) is 19.4 Å². The quantitative estimate of drug-likeness (QED) is 0.447. The van der Waals surface area contributed by atoms with Crippen LogP contribution in [0.3, 0.4) is 0 Å². The summed E-state index contributed by atoms with van der Waals surface area (Å²) >= 11 is 17.9. The standard InChI is InChI=1S/C7H13N3S4/c11-6(12)8-5-3-1-2-4-10(5)9-7(13)14/h5H,1-4H2,(H2,8,11,12)(H2,9,13,14). The lowest BCUT2D eigenvalue weighted by atomic mass is 10.1. The van der Waals surface area contributed by atoms with Crippen molar-refractivity contribution in [1.82, 2.24) is 15.8 Å². The van der Waals surface area contributed by atoms with Crippen LogP contribution in [0.5, 0.6) is 0 Å². The highest BCUT2D eigenvalue weighted by Gasteiger charge is 2.22. The van der Waals surface area contributed by atoms with Crippen molar-refractivity contribution in [3.8, 4) is 0 Å². The summed E-state index contributed by atoms with van der Waals surface area (Å²) in [6.45, 7) is 0.939. The molecule has 0 bridgehead atoms. The number of thiol groups is 2. The van der Waals surface area contributed by atoms with E-state index in [0.29, 0.717) is 8.64 Å². The zero-order chi connectivity index (χ0) is 10.6. The van der Waals surface area contributed by atoms with E-state index in [9.17, 15) is 0 Å². The van der Waals surface area contributed by atoms with Gasteiger partial charge in [0.2, 0.25) is 0 Å². The Bertz CT molecular complexity index is 209. The normalized spacial score (nSPS) is 22.9. The number of hydrogen-bond acceptors (Lipinski definition) is 3.